The van der Waals surface area contributed by atoms with E-state index in [1.54, 1.807) is 4.90 Å². The van der Waals surface area contributed by atoms with E-state index in [9.17, 15) is 9.59 Å². The van der Waals surface area contributed by atoms with Crippen molar-refractivity contribution in [3.8, 4) is 0 Å². The zero-order valence-corrected chi connectivity index (χ0v) is 12.6. The molecule has 0 bridgehead atoms. The lowest BCUT2D eigenvalue weighted by molar-refractivity contribution is -0.137. The highest BCUT2D eigenvalue weighted by Gasteiger charge is 2.26. The maximum atomic E-state index is 12.2. The number of aliphatic carboxylic acids is 1. The number of amides is 2. The first kappa shape index (κ1) is 16.8. The number of carboxylic acids is 1. The van der Waals surface area contributed by atoms with Gasteiger partial charge in [-0.25, -0.2) is 4.79 Å². The average molecular weight is 286 g/mol. The fourth-order valence-corrected chi connectivity index (χ4v) is 2.36. The Morgan fingerprint density at radius 1 is 1.40 bits per heavy atom. The van der Waals surface area contributed by atoms with Crippen molar-refractivity contribution >= 4 is 12.0 Å². The quantitative estimate of drug-likeness (QED) is 0.748. The topological polar surface area (TPSA) is 78.9 Å². The van der Waals surface area contributed by atoms with Crippen molar-refractivity contribution < 1.29 is 19.4 Å². The zero-order chi connectivity index (χ0) is 15.1. The molecule has 2 atom stereocenters. The van der Waals surface area contributed by atoms with E-state index in [0.29, 0.717) is 13.0 Å². The van der Waals surface area contributed by atoms with Gasteiger partial charge in [-0.15, -0.1) is 0 Å². The number of nitrogens with zero attached hydrogens (tertiary/aromatic N) is 1. The summed E-state index contributed by atoms with van der Waals surface area (Å²) in [4.78, 5) is 24.5. The predicted octanol–water partition coefficient (Wildman–Crippen LogP) is 1.84. The second kappa shape index (κ2) is 8.09. The molecule has 1 aliphatic rings. The maximum Gasteiger partial charge on any atom is 0.317 e. The second-order valence-corrected chi connectivity index (χ2v) is 5.57. The Morgan fingerprint density at radius 2 is 2.10 bits per heavy atom. The Morgan fingerprint density at radius 3 is 2.60 bits per heavy atom. The fraction of sp³-hybridized carbons (Fsp3) is 0.857. The van der Waals surface area contributed by atoms with Gasteiger partial charge in [0, 0.05) is 25.6 Å². The van der Waals surface area contributed by atoms with Gasteiger partial charge in [0.1, 0.15) is 0 Å². The molecule has 2 amide bonds. The molecular weight excluding hydrogens is 260 g/mol. The Hall–Kier alpha value is -1.30. The summed E-state index contributed by atoms with van der Waals surface area (Å²) in [7, 11) is 0. The molecule has 0 spiro atoms. The van der Waals surface area contributed by atoms with Crippen LogP contribution in [0.25, 0.3) is 0 Å². The van der Waals surface area contributed by atoms with Crippen molar-refractivity contribution in [3.63, 3.8) is 0 Å². The van der Waals surface area contributed by atoms with Crippen LogP contribution in [0, 0.1) is 0 Å². The normalized spacial score (nSPS) is 19.9. The molecule has 6 nitrogen and oxygen atoms in total. The third-order valence-electron chi connectivity index (χ3n) is 3.55. The molecule has 2 unspecified atom stereocenters. The van der Waals surface area contributed by atoms with Crippen LogP contribution < -0.4 is 5.32 Å². The molecule has 20 heavy (non-hydrogen) atoms. The van der Waals surface area contributed by atoms with Gasteiger partial charge in [0.05, 0.1) is 12.1 Å². The predicted molar refractivity (Wildman–Crippen MR) is 75.7 cm³/mol. The molecule has 0 aromatic carbocycles. The van der Waals surface area contributed by atoms with Crippen LogP contribution >= 0.6 is 0 Å². The molecule has 1 heterocycles. The van der Waals surface area contributed by atoms with Gasteiger partial charge in [0.15, 0.2) is 0 Å². The SMILES string of the molecule is CC(NC(=O)N(CCCC(=O)O)C(C)C)C1CCCO1. The third-order valence-corrected chi connectivity index (χ3v) is 3.55. The summed E-state index contributed by atoms with van der Waals surface area (Å²) in [6.45, 7) is 7.02. The molecule has 1 aliphatic heterocycles. The van der Waals surface area contributed by atoms with E-state index in [0.717, 1.165) is 19.4 Å². The van der Waals surface area contributed by atoms with Gasteiger partial charge < -0.3 is 20.1 Å². The smallest absolute Gasteiger partial charge is 0.317 e. The molecule has 6 heteroatoms. The third kappa shape index (κ3) is 5.36. The summed E-state index contributed by atoms with van der Waals surface area (Å²) in [5.74, 6) is -0.832. The Balaban J connectivity index is 2.44. The minimum absolute atomic E-state index is 0.0225. The lowest BCUT2D eigenvalue weighted by Crippen LogP contribution is -2.50. The number of hydrogen-bond acceptors (Lipinski definition) is 3. The number of hydrogen-bond donors (Lipinski definition) is 2. The average Bonchev–Trinajstić information content (AvgIpc) is 2.87. The first-order chi connectivity index (χ1) is 9.41. The molecule has 116 valence electrons. The van der Waals surface area contributed by atoms with E-state index in [1.165, 1.54) is 0 Å². The van der Waals surface area contributed by atoms with Crippen molar-refractivity contribution in [2.24, 2.45) is 0 Å². The summed E-state index contributed by atoms with van der Waals surface area (Å²) in [5, 5.41) is 11.6. The van der Waals surface area contributed by atoms with Crippen molar-refractivity contribution in [1.82, 2.24) is 10.2 Å². The number of rotatable bonds is 7. The second-order valence-electron chi connectivity index (χ2n) is 5.57. The Kier molecular flexibility index (Phi) is 6.78. The molecule has 0 aromatic heterocycles. The van der Waals surface area contributed by atoms with E-state index < -0.39 is 5.97 Å². The number of urea groups is 1. The maximum absolute atomic E-state index is 12.2. The van der Waals surface area contributed by atoms with Gasteiger partial charge in [-0.2, -0.15) is 0 Å². The van der Waals surface area contributed by atoms with E-state index >= 15 is 0 Å². The molecule has 0 aromatic rings. The number of nitrogens with one attached hydrogen (secondary N) is 1. The number of carbonyl (C=O) groups excluding carboxylic acids is 1. The standard InChI is InChI=1S/C14H26N2O4/c1-10(2)16(8-4-7-13(17)18)14(19)15-11(3)12-6-5-9-20-12/h10-12H,4-9H2,1-3H3,(H,15,19)(H,17,18). The number of carboxylic acid groups (broad SMARTS) is 1. The van der Waals surface area contributed by atoms with Gasteiger partial charge in [0.2, 0.25) is 0 Å². The lowest BCUT2D eigenvalue weighted by Gasteiger charge is -2.30. The van der Waals surface area contributed by atoms with Crippen molar-refractivity contribution in [2.45, 2.75) is 64.6 Å². The zero-order valence-electron chi connectivity index (χ0n) is 12.6. The highest BCUT2D eigenvalue weighted by Crippen LogP contribution is 2.15. The molecular formula is C14H26N2O4. The minimum atomic E-state index is -0.832. The highest BCUT2D eigenvalue weighted by atomic mass is 16.5. The number of carbonyl (C=O) groups is 2. The van der Waals surface area contributed by atoms with E-state index in [-0.39, 0.29) is 30.6 Å². The van der Waals surface area contributed by atoms with E-state index in [4.69, 9.17) is 9.84 Å². The molecule has 0 aliphatic carbocycles. The molecule has 0 saturated carbocycles. The summed E-state index contributed by atoms with van der Waals surface area (Å²) >= 11 is 0. The van der Waals surface area contributed by atoms with Gasteiger partial charge >= 0.3 is 12.0 Å². The van der Waals surface area contributed by atoms with E-state index in [2.05, 4.69) is 5.32 Å². The fourth-order valence-electron chi connectivity index (χ4n) is 2.36. The van der Waals surface area contributed by atoms with Gasteiger partial charge in [-0.1, -0.05) is 0 Å². The van der Waals surface area contributed by atoms with Crippen molar-refractivity contribution in [3.05, 3.63) is 0 Å². The first-order valence-electron chi connectivity index (χ1n) is 7.32. The van der Waals surface area contributed by atoms with Crippen molar-refractivity contribution in [2.75, 3.05) is 13.2 Å². The summed E-state index contributed by atoms with van der Waals surface area (Å²) < 4.78 is 5.56. The Labute approximate surface area is 120 Å². The first-order valence-corrected chi connectivity index (χ1v) is 7.32. The van der Waals surface area contributed by atoms with Crippen LogP contribution in [0.1, 0.15) is 46.5 Å². The van der Waals surface area contributed by atoms with Crippen LogP contribution in [0.2, 0.25) is 0 Å². The summed E-state index contributed by atoms with van der Waals surface area (Å²) in [5.41, 5.74) is 0. The van der Waals surface area contributed by atoms with Gasteiger partial charge in [-0.3, -0.25) is 4.79 Å². The van der Waals surface area contributed by atoms with Crippen molar-refractivity contribution in [1.29, 1.82) is 0 Å². The van der Waals surface area contributed by atoms with Crippen LogP contribution in [-0.2, 0) is 9.53 Å². The van der Waals surface area contributed by atoms with Gasteiger partial charge in [0.25, 0.3) is 0 Å². The Bertz CT molecular complexity index is 327. The number of ether oxygens (including phenoxy) is 1. The largest absolute Gasteiger partial charge is 0.481 e. The molecule has 0 radical (unpaired) electrons. The van der Waals surface area contributed by atoms with E-state index in [1.807, 2.05) is 20.8 Å². The molecule has 1 saturated heterocycles. The van der Waals surface area contributed by atoms with Gasteiger partial charge in [-0.05, 0) is 40.0 Å². The van der Waals surface area contributed by atoms with Crippen LogP contribution in [0.3, 0.4) is 0 Å². The van der Waals surface area contributed by atoms with Crippen LogP contribution in [-0.4, -0.2) is 53.3 Å². The molecule has 2 N–H and O–H groups in total. The highest BCUT2D eigenvalue weighted by molar-refractivity contribution is 5.75. The van der Waals surface area contributed by atoms with Crippen LogP contribution in [0.15, 0.2) is 0 Å². The minimum Gasteiger partial charge on any atom is -0.481 e. The summed E-state index contributed by atoms with van der Waals surface area (Å²) in [6, 6.07) is -0.125. The molecule has 1 fully saturated rings. The van der Waals surface area contributed by atoms with Crippen LogP contribution in [0.4, 0.5) is 4.79 Å². The lowest BCUT2D eigenvalue weighted by atomic mass is 10.1. The molecule has 1 rings (SSSR count). The summed E-state index contributed by atoms with van der Waals surface area (Å²) in [6.07, 6.45) is 2.65. The van der Waals surface area contributed by atoms with Crippen LogP contribution in [0.5, 0.6) is 0 Å². The monoisotopic (exact) mass is 286 g/mol.